The van der Waals surface area contributed by atoms with Crippen LogP contribution in [0.1, 0.15) is 11.1 Å². The van der Waals surface area contributed by atoms with Crippen LogP contribution in [0.3, 0.4) is 0 Å². The van der Waals surface area contributed by atoms with Crippen LogP contribution >= 0.6 is 11.3 Å². The van der Waals surface area contributed by atoms with Crippen molar-refractivity contribution in [3.8, 4) is 11.3 Å². The summed E-state index contributed by atoms with van der Waals surface area (Å²) in [6.07, 6.45) is 3.46. The van der Waals surface area contributed by atoms with Gasteiger partial charge in [0.1, 0.15) is 0 Å². The lowest BCUT2D eigenvalue weighted by molar-refractivity contribution is 0.122. The minimum atomic E-state index is 0.252. The number of aromatic nitrogens is 4. The number of fused-ring (bicyclic) bond motifs is 1. The molecule has 4 aromatic rings. The third kappa shape index (κ3) is 4.40. The maximum atomic E-state index is 5.71. The van der Waals surface area contributed by atoms with E-state index in [2.05, 4.69) is 56.5 Å². The van der Waals surface area contributed by atoms with Gasteiger partial charge in [-0.2, -0.15) is 0 Å². The standard InChI is InChI=1S/C23H25N7OS/c1-29(13-16-5-3-2-4-6-16)14-18-15-32-21-19(17-11-25-22(24)26-12-17)27-23(28-20(18)21)30-7-9-31-10-8-30/h2-6,11-12,15H,7-10,13-14H2,1H3,(H2,24,25,26). The molecular formula is C23H25N7OS. The molecule has 164 valence electrons. The number of nitrogens with zero attached hydrogens (tertiary/aromatic N) is 6. The molecule has 32 heavy (non-hydrogen) atoms. The highest BCUT2D eigenvalue weighted by atomic mass is 32.1. The normalized spacial score (nSPS) is 14.4. The molecule has 0 radical (unpaired) electrons. The van der Waals surface area contributed by atoms with E-state index in [0.717, 1.165) is 53.6 Å². The Morgan fingerprint density at radius 1 is 1.06 bits per heavy atom. The van der Waals surface area contributed by atoms with E-state index in [4.69, 9.17) is 20.4 Å². The van der Waals surface area contributed by atoms with E-state index in [1.807, 2.05) is 6.07 Å². The highest BCUT2D eigenvalue weighted by Crippen LogP contribution is 2.35. The summed E-state index contributed by atoms with van der Waals surface area (Å²) in [5.74, 6) is 0.972. The van der Waals surface area contributed by atoms with Gasteiger partial charge in [0.05, 0.1) is 29.1 Å². The summed E-state index contributed by atoms with van der Waals surface area (Å²) >= 11 is 1.66. The molecule has 1 aliphatic rings. The lowest BCUT2D eigenvalue weighted by Gasteiger charge is -2.27. The highest BCUT2D eigenvalue weighted by Gasteiger charge is 2.21. The zero-order chi connectivity index (χ0) is 21.9. The van der Waals surface area contributed by atoms with Crippen LogP contribution in [0.2, 0.25) is 0 Å². The third-order valence-corrected chi connectivity index (χ3v) is 6.48. The molecular weight excluding hydrogens is 422 g/mol. The zero-order valence-electron chi connectivity index (χ0n) is 17.9. The van der Waals surface area contributed by atoms with Crippen LogP contribution in [0.4, 0.5) is 11.9 Å². The number of hydrogen-bond donors (Lipinski definition) is 1. The fourth-order valence-corrected chi connectivity index (χ4v) is 4.88. The van der Waals surface area contributed by atoms with Crippen molar-refractivity contribution in [1.82, 2.24) is 24.8 Å². The lowest BCUT2D eigenvalue weighted by atomic mass is 10.1. The first-order chi connectivity index (χ1) is 15.7. The van der Waals surface area contributed by atoms with E-state index in [1.54, 1.807) is 23.7 Å². The Morgan fingerprint density at radius 2 is 1.81 bits per heavy atom. The maximum Gasteiger partial charge on any atom is 0.226 e. The number of ether oxygens (including phenoxy) is 1. The quantitative estimate of drug-likeness (QED) is 0.482. The number of nitrogens with two attached hydrogens (primary N) is 1. The minimum absolute atomic E-state index is 0.252. The molecule has 1 aliphatic heterocycles. The molecule has 0 amide bonds. The second kappa shape index (κ2) is 9.15. The molecule has 2 N–H and O–H groups in total. The molecule has 9 heteroatoms. The third-order valence-electron chi connectivity index (χ3n) is 5.45. The monoisotopic (exact) mass is 447 g/mol. The summed E-state index contributed by atoms with van der Waals surface area (Å²) in [7, 11) is 2.13. The number of nitrogen functional groups attached to an aromatic ring is 1. The van der Waals surface area contributed by atoms with Crippen LogP contribution in [0.5, 0.6) is 0 Å². The fourth-order valence-electron chi connectivity index (χ4n) is 3.87. The molecule has 3 aromatic heterocycles. The van der Waals surface area contributed by atoms with E-state index in [0.29, 0.717) is 13.2 Å². The van der Waals surface area contributed by atoms with Crippen molar-refractivity contribution < 1.29 is 4.74 Å². The van der Waals surface area contributed by atoms with Gasteiger partial charge in [-0.05, 0) is 18.0 Å². The smallest absolute Gasteiger partial charge is 0.226 e. The maximum absolute atomic E-state index is 5.71. The van der Waals surface area contributed by atoms with E-state index in [1.165, 1.54) is 11.1 Å². The Kier molecular flexibility index (Phi) is 5.93. The second-order valence-corrected chi connectivity index (χ2v) is 8.78. The van der Waals surface area contributed by atoms with Crippen molar-refractivity contribution in [3.05, 3.63) is 59.2 Å². The molecule has 8 nitrogen and oxygen atoms in total. The average molecular weight is 448 g/mol. The molecule has 1 saturated heterocycles. The Morgan fingerprint density at radius 3 is 2.56 bits per heavy atom. The number of benzene rings is 1. The van der Waals surface area contributed by atoms with Crippen molar-refractivity contribution in [2.75, 3.05) is 44.0 Å². The Labute approximate surface area is 190 Å². The van der Waals surface area contributed by atoms with Crippen LogP contribution < -0.4 is 10.6 Å². The first kappa shape index (κ1) is 20.7. The van der Waals surface area contributed by atoms with Crippen LogP contribution in [0.25, 0.3) is 21.5 Å². The Balaban J connectivity index is 1.52. The second-order valence-electron chi connectivity index (χ2n) is 7.90. The highest BCUT2D eigenvalue weighted by molar-refractivity contribution is 7.17. The first-order valence-corrected chi connectivity index (χ1v) is 11.5. The number of hydrogen-bond acceptors (Lipinski definition) is 9. The van der Waals surface area contributed by atoms with Gasteiger partial charge < -0.3 is 15.4 Å². The Bertz CT molecular complexity index is 1190. The molecule has 0 unspecified atom stereocenters. The largest absolute Gasteiger partial charge is 0.378 e. The number of thiophene rings is 1. The summed E-state index contributed by atoms with van der Waals surface area (Å²) in [4.78, 5) is 22.8. The van der Waals surface area contributed by atoms with Gasteiger partial charge >= 0.3 is 0 Å². The Hall–Kier alpha value is -3.14. The van der Waals surface area contributed by atoms with E-state index in [9.17, 15) is 0 Å². The molecule has 1 fully saturated rings. The molecule has 0 aliphatic carbocycles. The molecule has 4 heterocycles. The summed E-state index contributed by atoms with van der Waals surface area (Å²) < 4.78 is 6.56. The van der Waals surface area contributed by atoms with Crippen molar-refractivity contribution >= 4 is 33.5 Å². The molecule has 5 rings (SSSR count). The average Bonchev–Trinajstić information content (AvgIpc) is 3.23. The van der Waals surface area contributed by atoms with Crippen molar-refractivity contribution in [3.63, 3.8) is 0 Å². The fraction of sp³-hybridized carbons (Fsp3) is 0.304. The van der Waals surface area contributed by atoms with Crippen LogP contribution in [-0.4, -0.2) is 58.2 Å². The topological polar surface area (TPSA) is 93.3 Å². The summed E-state index contributed by atoms with van der Waals surface area (Å²) in [6, 6.07) is 10.5. The SMILES string of the molecule is CN(Cc1ccccc1)Cc1csc2c(-c3cnc(N)nc3)nc(N3CCOCC3)nc12. The van der Waals surface area contributed by atoms with Gasteiger partial charge in [0.25, 0.3) is 0 Å². The molecule has 0 atom stereocenters. The van der Waals surface area contributed by atoms with Crippen molar-refractivity contribution in [2.24, 2.45) is 0 Å². The van der Waals surface area contributed by atoms with Gasteiger partial charge in [0, 0.05) is 49.7 Å². The van der Waals surface area contributed by atoms with E-state index >= 15 is 0 Å². The lowest BCUT2D eigenvalue weighted by Crippen LogP contribution is -2.37. The van der Waals surface area contributed by atoms with E-state index in [-0.39, 0.29) is 5.95 Å². The zero-order valence-corrected chi connectivity index (χ0v) is 18.8. The summed E-state index contributed by atoms with van der Waals surface area (Å²) in [5.41, 5.74) is 10.9. The number of rotatable bonds is 6. The predicted octanol–water partition coefficient (Wildman–Crippen LogP) is 3.20. The van der Waals surface area contributed by atoms with Gasteiger partial charge in [0.15, 0.2) is 0 Å². The van der Waals surface area contributed by atoms with Gasteiger partial charge in [-0.1, -0.05) is 30.3 Å². The van der Waals surface area contributed by atoms with Crippen LogP contribution in [-0.2, 0) is 17.8 Å². The molecule has 1 aromatic carbocycles. The summed E-state index contributed by atoms with van der Waals surface area (Å²) in [6.45, 7) is 4.58. The van der Waals surface area contributed by atoms with Gasteiger partial charge in [0.2, 0.25) is 11.9 Å². The number of morpholine rings is 1. The summed E-state index contributed by atoms with van der Waals surface area (Å²) in [5, 5.41) is 2.19. The van der Waals surface area contributed by atoms with Crippen LogP contribution in [0.15, 0.2) is 48.1 Å². The first-order valence-electron chi connectivity index (χ1n) is 10.6. The number of anilines is 2. The molecule has 0 spiro atoms. The minimum Gasteiger partial charge on any atom is -0.378 e. The van der Waals surface area contributed by atoms with Gasteiger partial charge in [-0.25, -0.2) is 19.9 Å². The van der Waals surface area contributed by atoms with Crippen LogP contribution in [0, 0.1) is 0 Å². The van der Waals surface area contributed by atoms with Crippen molar-refractivity contribution in [2.45, 2.75) is 13.1 Å². The molecule has 0 bridgehead atoms. The van der Waals surface area contributed by atoms with E-state index < -0.39 is 0 Å². The van der Waals surface area contributed by atoms with Gasteiger partial charge in [-0.3, -0.25) is 4.90 Å². The van der Waals surface area contributed by atoms with Crippen molar-refractivity contribution in [1.29, 1.82) is 0 Å². The molecule has 0 saturated carbocycles. The van der Waals surface area contributed by atoms with Gasteiger partial charge in [-0.15, -0.1) is 11.3 Å². The predicted molar refractivity (Wildman–Crippen MR) is 127 cm³/mol.